The van der Waals surface area contributed by atoms with Gasteiger partial charge in [-0.25, -0.2) is 25.8 Å². The molecule has 6 heterocycles. The summed E-state index contributed by atoms with van der Waals surface area (Å²) in [7, 11) is 0. The van der Waals surface area contributed by atoms with Gasteiger partial charge >= 0.3 is 0 Å². The summed E-state index contributed by atoms with van der Waals surface area (Å²) in [5.74, 6) is 10.2. The number of ether oxygens (including phenoxy) is 2. The molecule has 0 radical (unpaired) electrons. The molecule has 5 aromatic rings. The Labute approximate surface area is 312 Å². The van der Waals surface area contributed by atoms with Crippen LogP contribution >= 0.6 is 0 Å². The molecule has 2 aliphatic rings. The normalized spacial score (nSPS) is 18.4. The number of likely N-dealkylation sites (tertiary alicyclic amines) is 1. The van der Waals surface area contributed by atoms with Crippen molar-refractivity contribution >= 4 is 11.9 Å². The molecule has 2 saturated heterocycles. The average Bonchev–Trinajstić information content (AvgIpc) is 3.18. The lowest BCUT2D eigenvalue weighted by Gasteiger charge is -2.47. The number of aromatic nitrogens is 6. The molecule has 4 aromatic heterocycles. The molecule has 0 saturated carbocycles. The average molecular weight is 715 g/mol. The SMILES string of the molecule is CC(C)Oc1cc(CN2CCC(C3CC(N(N)c4ncc(-c5cccnc5)cn4)CCN3c3ncc(-c4cccnc4)cn3)CC2)cc(OC(C)C)c1. The Bertz CT molecular complexity index is 1860. The number of rotatable bonds is 12. The van der Waals surface area contributed by atoms with E-state index in [1.807, 2.05) is 67.5 Å². The number of benzene rings is 1. The second kappa shape index (κ2) is 16.6. The van der Waals surface area contributed by atoms with Crippen LogP contribution < -0.4 is 25.2 Å². The largest absolute Gasteiger partial charge is 0.491 e. The minimum absolute atomic E-state index is 0.0660. The zero-order valence-corrected chi connectivity index (χ0v) is 31.1. The Morgan fingerprint density at radius 2 is 1.28 bits per heavy atom. The van der Waals surface area contributed by atoms with E-state index in [-0.39, 0.29) is 24.3 Å². The number of hydrazine groups is 1. The Kier molecular flexibility index (Phi) is 11.4. The van der Waals surface area contributed by atoms with E-state index < -0.39 is 0 Å². The monoisotopic (exact) mass is 714 g/mol. The molecule has 12 heteroatoms. The smallest absolute Gasteiger partial charge is 0.240 e. The third-order valence-corrected chi connectivity index (χ3v) is 10.0. The van der Waals surface area contributed by atoms with Crippen LogP contribution in [0.1, 0.15) is 58.9 Å². The highest BCUT2D eigenvalue weighted by atomic mass is 16.5. The number of hydrogen-bond acceptors (Lipinski definition) is 12. The van der Waals surface area contributed by atoms with E-state index in [9.17, 15) is 0 Å². The predicted octanol–water partition coefficient (Wildman–Crippen LogP) is 6.59. The summed E-state index contributed by atoms with van der Waals surface area (Å²) in [6.07, 6.45) is 18.6. The minimum Gasteiger partial charge on any atom is -0.491 e. The van der Waals surface area contributed by atoms with E-state index in [0.29, 0.717) is 11.9 Å². The molecule has 0 bridgehead atoms. The van der Waals surface area contributed by atoms with Gasteiger partial charge in [0.15, 0.2) is 0 Å². The highest BCUT2D eigenvalue weighted by Gasteiger charge is 2.39. The molecular formula is C41H50N10O2. The quantitative estimate of drug-likeness (QED) is 0.110. The second-order valence-corrected chi connectivity index (χ2v) is 14.6. The zero-order chi connectivity index (χ0) is 36.7. The molecular weight excluding hydrogens is 665 g/mol. The van der Waals surface area contributed by atoms with E-state index in [1.54, 1.807) is 17.4 Å². The van der Waals surface area contributed by atoms with E-state index in [2.05, 4.69) is 69.6 Å². The summed E-state index contributed by atoms with van der Waals surface area (Å²) in [6.45, 7) is 11.8. The molecule has 0 amide bonds. The summed E-state index contributed by atoms with van der Waals surface area (Å²) in [4.78, 5) is 32.6. The van der Waals surface area contributed by atoms with Gasteiger partial charge in [0.1, 0.15) is 11.5 Å². The molecule has 276 valence electrons. The van der Waals surface area contributed by atoms with Crippen molar-refractivity contribution < 1.29 is 9.47 Å². The molecule has 7 rings (SSSR count). The third-order valence-electron chi connectivity index (χ3n) is 10.0. The molecule has 12 nitrogen and oxygen atoms in total. The van der Waals surface area contributed by atoms with Crippen molar-refractivity contribution in [1.82, 2.24) is 34.8 Å². The van der Waals surface area contributed by atoms with Gasteiger partial charge in [-0.3, -0.25) is 19.9 Å². The summed E-state index contributed by atoms with van der Waals surface area (Å²) < 4.78 is 12.2. The fourth-order valence-electron chi connectivity index (χ4n) is 7.53. The van der Waals surface area contributed by atoms with Gasteiger partial charge in [0.05, 0.1) is 18.2 Å². The Morgan fingerprint density at radius 1 is 0.717 bits per heavy atom. The lowest BCUT2D eigenvalue weighted by Crippen LogP contribution is -2.56. The van der Waals surface area contributed by atoms with Crippen molar-refractivity contribution in [2.75, 3.05) is 29.5 Å². The van der Waals surface area contributed by atoms with Gasteiger partial charge in [-0.05, 0) is 102 Å². The van der Waals surface area contributed by atoms with Crippen molar-refractivity contribution in [3.05, 3.63) is 97.6 Å². The Balaban J connectivity index is 1.07. The topological polar surface area (TPSA) is 132 Å². The van der Waals surface area contributed by atoms with Crippen LogP contribution in [0.25, 0.3) is 22.3 Å². The first-order chi connectivity index (χ1) is 25.8. The van der Waals surface area contributed by atoms with E-state index in [1.165, 1.54) is 5.56 Å². The highest BCUT2D eigenvalue weighted by molar-refractivity contribution is 5.61. The molecule has 53 heavy (non-hydrogen) atoms. The number of anilines is 2. The summed E-state index contributed by atoms with van der Waals surface area (Å²) in [5.41, 5.74) is 5.03. The van der Waals surface area contributed by atoms with Gasteiger partial charge < -0.3 is 14.4 Å². The predicted molar refractivity (Wildman–Crippen MR) is 207 cm³/mol. The molecule has 0 aliphatic carbocycles. The molecule has 2 atom stereocenters. The summed E-state index contributed by atoms with van der Waals surface area (Å²) in [5, 5.41) is 1.77. The van der Waals surface area contributed by atoms with Crippen molar-refractivity contribution in [2.45, 2.75) is 84.2 Å². The van der Waals surface area contributed by atoms with Gasteiger partial charge in [0.25, 0.3) is 0 Å². The Morgan fingerprint density at radius 3 is 1.81 bits per heavy atom. The second-order valence-electron chi connectivity index (χ2n) is 14.6. The molecule has 0 spiro atoms. The molecule has 2 N–H and O–H groups in total. The summed E-state index contributed by atoms with van der Waals surface area (Å²) in [6, 6.07) is 14.4. The van der Waals surface area contributed by atoms with Gasteiger partial charge in [-0.2, -0.15) is 0 Å². The van der Waals surface area contributed by atoms with Gasteiger partial charge in [-0.1, -0.05) is 12.1 Å². The first kappa shape index (κ1) is 36.2. The van der Waals surface area contributed by atoms with Gasteiger partial charge in [0.2, 0.25) is 11.9 Å². The lowest BCUT2D eigenvalue weighted by molar-refractivity contribution is 0.147. The zero-order valence-electron chi connectivity index (χ0n) is 31.1. The molecule has 1 aromatic carbocycles. The lowest BCUT2D eigenvalue weighted by atomic mass is 9.82. The van der Waals surface area contributed by atoms with Crippen LogP contribution in [0.4, 0.5) is 11.9 Å². The number of pyridine rings is 2. The molecule has 2 aliphatic heterocycles. The van der Waals surface area contributed by atoms with E-state index >= 15 is 0 Å². The van der Waals surface area contributed by atoms with Crippen molar-refractivity contribution in [3.8, 4) is 33.8 Å². The number of hydrogen-bond donors (Lipinski definition) is 1. The standard InChI is InChI=1S/C41H50N10O2/c1-28(2)52-37-17-30(18-38(20-37)53-29(3)4)27-49-14-9-31(10-15-49)39-19-36(51(42)41-47-25-35(26-48-41)33-8-6-13-44-22-33)11-16-50(39)40-45-23-34(24-46-40)32-7-5-12-43-21-32/h5-8,12-13,17-18,20-26,28-29,31,36,39H,9-11,14-16,19,27,42H2,1-4H3. The number of piperidine rings is 2. The van der Waals surface area contributed by atoms with Crippen LogP contribution in [0.2, 0.25) is 0 Å². The molecule has 2 fully saturated rings. The third kappa shape index (κ3) is 9.06. The van der Waals surface area contributed by atoms with E-state index in [0.717, 1.165) is 91.6 Å². The maximum Gasteiger partial charge on any atom is 0.240 e. The van der Waals surface area contributed by atoms with Crippen molar-refractivity contribution in [3.63, 3.8) is 0 Å². The molecule has 2 unspecified atom stereocenters. The van der Waals surface area contributed by atoms with Crippen molar-refractivity contribution in [2.24, 2.45) is 11.8 Å². The van der Waals surface area contributed by atoms with Crippen LogP contribution in [0, 0.1) is 5.92 Å². The van der Waals surface area contributed by atoms with Gasteiger partial charge in [0, 0.05) is 97.0 Å². The maximum atomic E-state index is 6.82. The maximum absolute atomic E-state index is 6.82. The van der Waals surface area contributed by atoms with Crippen LogP contribution in [0.5, 0.6) is 11.5 Å². The minimum atomic E-state index is 0.0660. The first-order valence-electron chi connectivity index (χ1n) is 18.7. The van der Waals surface area contributed by atoms with Crippen LogP contribution in [0.3, 0.4) is 0 Å². The fraction of sp³-hybridized carbons (Fsp3) is 0.415. The fourth-order valence-corrected chi connectivity index (χ4v) is 7.53. The Hall–Kier alpha value is -5.20. The van der Waals surface area contributed by atoms with E-state index in [4.69, 9.17) is 25.3 Å². The number of nitrogens with two attached hydrogens (primary N) is 1. The number of nitrogens with zero attached hydrogens (tertiary/aromatic N) is 9. The van der Waals surface area contributed by atoms with Crippen LogP contribution in [-0.4, -0.2) is 78.7 Å². The highest BCUT2D eigenvalue weighted by Crippen LogP contribution is 2.36. The first-order valence-corrected chi connectivity index (χ1v) is 18.7. The van der Waals surface area contributed by atoms with Crippen LogP contribution in [-0.2, 0) is 6.54 Å². The summed E-state index contributed by atoms with van der Waals surface area (Å²) >= 11 is 0. The van der Waals surface area contributed by atoms with Crippen LogP contribution in [0.15, 0.2) is 92.0 Å². The van der Waals surface area contributed by atoms with Crippen molar-refractivity contribution in [1.29, 1.82) is 0 Å². The van der Waals surface area contributed by atoms with Gasteiger partial charge in [-0.15, -0.1) is 0 Å².